The van der Waals surface area contributed by atoms with Gasteiger partial charge in [0, 0.05) is 31.2 Å². The summed E-state index contributed by atoms with van der Waals surface area (Å²) in [5.41, 5.74) is 3.37. The Morgan fingerprint density at radius 3 is 2.21 bits per heavy atom. The molecule has 29 heavy (non-hydrogen) atoms. The average Bonchev–Trinajstić information content (AvgIpc) is 3.00. The van der Waals surface area contributed by atoms with Crippen LogP contribution in [-0.2, 0) is 14.3 Å². The fourth-order valence-electron chi connectivity index (χ4n) is 3.35. The number of carbonyl (C=O) groups is 4. The van der Waals surface area contributed by atoms with Gasteiger partial charge in [0.25, 0.3) is 11.8 Å². The number of esters is 1. The smallest absolute Gasteiger partial charge is 0.337 e. The summed E-state index contributed by atoms with van der Waals surface area (Å²) in [4.78, 5) is 50.5. The molecule has 1 aromatic heterocycles. The number of nitrogens with zero attached hydrogens (tertiary/aromatic N) is 3. The molecular weight excluding hydrogens is 374 g/mol. The molecule has 0 unspecified atom stereocenters. The van der Waals surface area contributed by atoms with E-state index in [4.69, 9.17) is 4.74 Å². The molecule has 1 saturated heterocycles. The van der Waals surface area contributed by atoms with E-state index in [9.17, 15) is 19.2 Å². The lowest BCUT2D eigenvalue weighted by Crippen LogP contribution is -2.52. The molecule has 1 aliphatic rings. The van der Waals surface area contributed by atoms with Crippen molar-refractivity contribution in [3.8, 4) is 5.69 Å². The number of likely N-dealkylation sites (N-methyl/N-ethyl adjacent to an activating group) is 2. The van der Waals surface area contributed by atoms with Gasteiger partial charge in [-0.25, -0.2) is 9.59 Å². The number of hydrogen-bond acceptors (Lipinski definition) is 5. The van der Waals surface area contributed by atoms with Crippen molar-refractivity contribution < 1.29 is 23.9 Å². The zero-order valence-corrected chi connectivity index (χ0v) is 16.8. The number of aromatic nitrogens is 1. The van der Waals surface area contributed by atoms with Crippen LogP contribution >= 0.6 is 0 Å². The number of methoxy groups -OCH3 is 1. The summed E-state index contributed by atoms with van der Waals surface area (Å²) in [5, 5.41) is 0. The summed E-state index contributed by atoms with van der Waals surface area (Å²) in [7, 11) is 3.99. The molecule has 8 heteroatoms. The molecule has 3 rings (SSSR count). The van der Waals surface area contributed by atoms with Crippen LogP contribution in [0.1, 0.15) is 27.3 Å². The number of benzene rings is 1. The Bertz CT molecular complexity index is 1050. The van der Waals surface area contributed by atoms with Crippen LogP contribution in [0.3, 0.4) is 0 Å². The van der Waals surface area contributed by atoms with Crippen LogP contribution < -0.4 is 0 Å². The monoisotopic (exact) mass is 395 g/mol. The predicted molar refractivity (Wildman–Crippen MR) is 105 cm³/mol. The van der Waals surface area contributed by atoms with E-state index in [1.165, 1.54) is 27.3 Å². The molecule has 2 heterocycles. The highest BCUT2D eigenvalue weighted by atomic mass is 16.5. The van der Waals surface area contributed by atoms with E-state index in [1.54, 1.807) is 18.2 Å². The van der Waals surface area contributed by atoms with Crippen LogP contribution in [0, 0.1) is 13.8 Å². The number of carbonyl (C=O) groups excluding carboxylic acids is 4. The van der Waals surface area contributed by atoms with Crippen molar-refractivity contribution in [3.63, 3.8) is 0 Å². The number of aryl methyl sites for hydroxylation is 1. The zero-order valence-electron chi connectivity index (χ0n) is 16.8. The van der Waals surface area contributed by atoms with E-state index in [0.717, 1.165) is 26.9 Å². The van der Waals surface area contributed by atoms with Crippen LogP contribution in [0.25, 0.3) is 11.8 Å². The highest BCUT2D eigenvalue weighted by Crippen LogP contribution is 2.25. The molecule has 2 aromatic rings. The molecule has 0 aliphatic carbocycles. The lowest BCUT2D eigenvalue weighted by molar-refractivity contribution is -0.134. The SMILES string of the molecule is COC(=O)c1cccc(-n2c(C)cc(C=C3C(=O)N(C)C(=O)N(C)C3=O)c2C)c1. The van der Waals surface area contributed by atoms with E-state index in [2.05, 4.69) is 0 Å². The topological polar surface area (TPSA) is 88.9 Å². The summed E-state index contributed by atoms with van der Waals surface area (Å²) in [6.45, 7) is 3.73. The lowest BCUT2D eigenvalue weighted by Gasteiger charge is -2.28. The number of barbiturate groups is 1. The van der Waals surface area contributed by atoms with E-state index < -0.39 is 23.8 Å². The molecule has 4 amide bonds. The van der Waals surface area contributed by atoms with E-state index in [0.29, 0.717) is 11.1 Å². The number of urea groups is 1. The summed E-state index contributed by atoms with van der Waals surface area (Å²) in [6, 6.07) is 8.14. The maximum Gasteiger partial charge on any atom is 0.337 e. The van der Waals surface area contributed by atoms with Crippen LogP contribution in [0.15, 0.2) is 35.9 Å². The molecule has 0 saturated carbocycles. The minimum absolute atomic E-state index is 0.0850. The van der Waals surface area contributed by atoms with E-state index in [1.807, 2.05) is 30.5 Å². The Hall–Kier alpha value is -3.68. The predicted octanol–water partition coefficient (Wildman–Crippen LogP) is 2.31. The first-order chi connectivity index (χ1) is 13.7. The van der Waals surface area contributed by atoms with Gasteiger partial charge in [0.05, 0.1) is 12.7 Å². The van der Waals surface area contributed by atoms with Gasteiger partial charge >= 0.3 is 12.0 Å². The quantitative estimate of drug-likeness (QED) is 0.452. The third kappa shape index (κ3) is 3.33. The average molecular weight is 395 g/mol. The minimum Gasteiger partial charge on any atom is -0.465 e. The number of ether oxygens (including phenoxy) is 1. The molecular formula is C21H21N3O5. The molecule has 1 fully saturated rings. The van der Waals surface area contributed by atoms with Crippen LogP contribution in [-0.4, -0.2) is 59.4 Å². The summed E-state index contributed by atoms with van der Waals surface area (Å²) >= 11 is 0. The second-order valence-electron chi connectivity index (χ2n) is 6.77. The van der Waals surface area contributed by atoms with E-state index in [-0.39, 0.29) is 5.57 Å². The molecule has 0 N–H and O–H groups in total. The Morgan fingerprint density at radius 2 is 1.62 bits per heavy atom. The second-order valence-corrected chi connectivity index (χ2v) is 6.77. The first-order valence-corrected chi connectivity index (χ1v) is 8.86. The summed E-state index contributed by atoms with van der Waals surface area (Å²) in [5.74, 6) is -1.73. The summed E-state index contributed by atoms with van der Waals surface area (Å²) < 4.78 is 6.69. The molecule has 0 spiro atoms. The van der Waals surface area contributed by atoms with Gasteiger partial charge in [-0.3, -0.25) is 19.4 Å². The third-order valence-corrected chi connectivity index (χ3v) is 4.94. The molecule has 0 atom stereocenters. The second kappa shape index (κ2) is 7.38. The van der Waals surface area contributed by atoms with Crippen molar-refractivity contribution in [1.82, 2.24) is 14.4 Å². The van der Waals surface area contributed by atoms with Crippen LogP contribution in [0.4, 0.5) is 4.79 Å². The van der Waals surface area contributed by atoms with Gasteiger partial charge in [0.15, 0.2) is 0 Å². The molecule has 1 aromatic carbocycles. The van der Waals surface area contributed by atoms with Gasteiger partial charge < -0.3 is 9.30 Å². The largest absolute Gasteiger partial charge is 0.465 e. The molecule has 1 aliphatic heterocycles. The molecule has 0 bridgehead atoms. The van der Waals surface area contributed by atoms with Crippen molar-refractivity contribution >= 4 is 29.9 Å². The standard InChI is InChI=1S/C21H21N3O5/c1-12-9-15(11-17-18(25)22(3)21(28)23(4)19(17)26)13(2)24(12)16-8-6-7-14(10-16)20(27)29-5/h6-11H,1-5H3. The van der Waals surface area contributed by atoms with Gasteiger partial charge in [-0.2, -0.15) is 0 Å². The highest BCUT2D eigenvalue weighted by Gasteiger charge is 2.38. The van der Waals surface area contributed by atoms with Crippen molar-refractivity contribution in [3.05, 3.63) is 58.4 Å². The van der Waals surface area contributed by atoms with Crippen molar-refractivity contribution in [2.45, 2.75) is 13.8 Å². The number of rotatable bonds is 3. The van der Waals surface area contributed by atoms with Crippen LogP contribution in [0.5, 0.6) is 0 Å². The number of imide groups is 2. The minimum atomic E-state index is -0.665. The Morgan fingerprint density at radius 1 is 1.00 bits per heavy atom. The normalized spacial score (nSPS) is 14.5. The van der Waals surface area contributed by atoms with Gasteiger partial charge in [-0.05, 0) is 49.8 Å². The van der Waals surface area contributed by atoms with E-state index >= 15 is 0 Å². The van der Waals surface area contributed by atoms with Gasteiger partial charge in [-0.15, -0.1) is 0 Å². The first-order valence-electron chi connectivity index (χ1n) is 8.86. The maximum absolute atomic E-state index is 12.5. The van der Waals surface area contributed by atoms with Gasteiger partial charge in [0.1, 0.15) is 5.57 Å². The highest BCUT2D eigenvalue weighted by molar-refractivity contribution is 6.30. The fourth-order valence-corrected chi connectivity index (χ4v) is 3.35. The van der Waals surface area contributed by atoms with Crippen molar-refractivity contribution in [1.29, 1.82) is 0 Å². The Labute approximate surface area is 168 Å². The van der Waals surface area contributed by atoms with Crippen molar-refractivity contribution in [2.24, 2.45) is 0 Å². The first kappa shape index (κ1) is 20.1. The maximum atomic E-state index is 12.5. The Balaban J connectivity index is 2.08. The summed E-state index contributed by atoms with van der Waals surface area (Å²) in [6.07, 6.45) is 1.49. The van der Waals surface area contributed by atoms with Crippen molar-refractivity contribution in [2.75, 3.05) is 21.2 Å². The van der Waals surface area contributed by atoms with Gasteiger partial charge in [0.2, 0.25) is 0 Å². The fraction of sp³-hybridized carbons (Fsp3) is 0.238. The number of hydrogen-bond donors (Lipinski definition) is 0. The Kier molecular flexibility index (Phi) is 5.11. The molecule has 8 nitrogen and oxygen atoms in total. The lowest BCUT2D eigenvalue weighted by atomic mass is 10.1. The molecule has 0 radical (unpaired) electrons. The zero-order chi connectivity index (χ0) is 21.5. The van der Waals surface area contributed by atoms with Gasteiger partial charge in [-0.1, -0.05) is 6.07 Å². The third-order valence-electron chi connectivity index (χ3n) is 4.94. The van der Waals surface area contributed by atoms with Crippen LogP contribution in [0.2, 0.25) is 0 Å². The number of amides is 4. The molecule has 150 valence electrons.